The molecule has 0 amide bonds. The smallest absolute Gasteiger partial charge is 0.381 e. The van der Waals surface area contributed by atoms with Crippen LogP contribution in [0.15, 0.2) is 0 Å². The first-order chi connectivity index (χ1) is 4.81. The van der Waals surface area contributed by atoms with E-state index in [1.54, 1.807) is 0 Å². The number of hydrogen-bond donors (Lipinski definition) is 0. The van der Waals surface area contributed by atoms with Crippen LogP contribution in [0.2, 0.25) is 6.55 Å². The molecule has 0 N–H and O–H groups in total. The second-order valence-electron chi connectivity index (χ2n) is 1.57. The number of rotatable bonds is 6. The fourth-order valence-electron chi connectivity index (χ4n) is 0.406. The van der Waals surface area contributed by atoms with Gasteiger partial charge in [0.25, 0.3) is 0 Å². The van der Waals surface area contributed by atoms with Crippen molar-refractivity contribution in [3.8, 4) is 0 Å². The standard InChI is InChI=1S/C5H11Cl2O2Si/c1-10(8-4-2-6)9-5-3-7/h2-5H2,1H3. The van der Waals surface area contributed by atoms with E-state index in [-0.39, 0.29) is 0 Å². The van der Waals surface area contributed by atoms with Gasteiger partial charge < -0.3 is 8.85 Å². The van der Waals surface area contributed by atoms with Crippen molar-refractivity contribution in [2.75, 3.05) is 25.0 Å². The van der Waals surface area contributed by atoms with Crippen LogP contribution < -0.4 is 0 Å². The van der Waals surface area contributed by atoms with Crippen LogP contribution in [-0.4, -0.2) is 34.3 Å². The molecule has 10 heavy (non-hydrogen) atoms. The van der Waals surface area contributed by atoms with Crippen molar-refractivity contribution in [1.82, 2.24) is 0 Å². The molecule has 0 aliphatic heterocycles. The van der Waals surface area contributed by atoms with Crippen molar-refractivity contribution in [1.29, 1.82) is 0 Å². The first-order valence-electron chi connectivity index (χ1n) is 3.02. The van der Waals surface area contributed by atoms with Crippen molar-refractivity contribution < 1.29 is 8.85 Å². The summed E-state index contributed by atoms with van der Waals surface area (Å²) < 4.78 is 10.4. The van der Waals surface area contributed by atoms with E-state index >= 15 is 0 Å². The fraction of sp³-hybridized carbons (Fsp3) is 1.00. The van der Waals surface area contributed by atoms with Crippen molar-refractivity contribution >= 4 is 32.5 Å². The zero-order chi connectivity index (χ0) is 7.82. The predicted octanol–water partition coefficient (Wildman–Crippen LogP) is 1.62. The molecular weight excluding hydrogens is 191 g/mol. The summed E-state index contributed by atoms with van der Waals surface area (Å²) in [5, 5.41) is 0. The average Bonchev–Trinajstić information content (AvgIpc) is 1.97. The number of halogens is 2. The molecule has 0 unspecified atom stereocenters. The summed E-state index contributed by atoms with van der Waals surface area (Å²) in [6.45, 7) is 3.05. The van der Waals surface area contributed by atoms with E-state index in [9.17, 15) is 0 Å². The highest BCUT2D eigenvalue weighted by molar-refractivity contribution is 6.42. The molecule has 0 saturated carbocycles. The minimum absolute atomic E-state index is 0.520. The Morgan fingerprint density at radius 2 is 1.50 bits per heavy atom. The zero-order valence-corrected chi connectivity index (χ0v) is 8.41. The van der Waals surface area contributed by atoms with Gasteiger partial charge in [0, 0.05) is 25.0 Å². The highest BCUT2D eigenvalue weighted by Crippen LogP contribution is 1.90. The summed E-state index contributed by atoms with van der Waals surface area (Å²) in [4.78, 5) is 0. The average molecular weight is 202 g/mol. The lowest BCUT2D eigenvalue weighted by molar-refractivity contribution is 0.222. The summed E-state index contributed by atoms with van der Waals surface area (Å²) in [6, 6.07) is 0. The molecule has 0 rings (SSSR count). The second kappa shape index (κ2) is 7.82. The van der Waals surface area contributed by atoms with Gasteiger partial charge in [0.1, 0.15) is 0 Å². The van der Waals surface area contributed by atoms with Gasteiger partial charge in [0.2, 0.25) is 0 Å². The van der Waals surface area contributed by atoms with Crippen molar-refractivity contribution in [3.05, 3.63) is 0 Å². The van der Waals surface area contributed by atoms with Crippen LogP contribution in [-0.2, 0) is 8.85 Å². The molecule has 0 atom stereocenters. The molecule has 61 valence electrons. The molecule has 0 saturated heterocycles. The van der Waals surface area contributed by atoms with Gasteiger partial charge in [-0.05, 0) is 6.55 Å². The predicted molar refractivity (Wildman–Crippen MR) is 45.0 cm³/mol. The topological polar surface area (TPSA) is 18.5 Å². The SMILES string of the molecule is C[Si](OCCCl)OCCCl. The van der Waals surface area contributed by atoms with E-state index in [4.69, 9.17) is 32.1 Å². The third kappa shape index (κ3) is 6.83. The van der Waals surface area contributed by atoms with Crippen molar-refractivity contribution in [3.63, 3.8) is 0 Å². The lowest BCUT2D eigenvalue weighted by Gasteiger charge is -2.07. The minimum Gasteiger partial charge on any atom is -0.392 e. The van der Waals surface area contributed by atoms with Crippen LogP contribution in [0.3, 0.4) is 0 Å². The summed E-state index contributed by atoms with van der Waals surface area (Å²) >= 11 is 10.8. The highest BCUT2D eigenvalue weighted by Gasteiger charge is 2.05. The van der Waals surface area contributed by atoms with Gasteiger partial charge in [0.15, 0.2) is 0 Å². The lowest BCUT2D eigenvalue weighted by Crippen LogP contribution is -2.20. The van der Waals surface area contributed by atoms with E-state index in [1.807, 2.05) is 6.55 Å². The molecule has 2 nitrogen and oxygen atoms in total. The van der Waals surface area contributed by atoms with E-state index < -0.39 is 9.28 Å². The largest absolute Gasteiger partial charge is 0.392 e. The molecule has 0 aromatic heterocycles. The Bertz CT molecular complexity index is 66.7. The van der Waals surface area contributed by atoms with Gasteiger partial charge in [-0.3, -0.25) is 0 Å². The maximum absolute atomic E-state index is 5.39. The van der Waals surface area contributed by atoms with Crippen molar-refractivity contribution in [2.45, 2.75) is 6.55 Å². The highest BCUT2D eigenvalue weighted by atomic mass is 35.5. The Labute approximate surface area is 73.3 Å². The van der Waals surface area contributed by atoms with Gasteiger partial charge in [-0.2, -0.15) is 0 Å². The van der Waals surface area contributed by atoms with Gasteiger partial charge in [-0.1, -0.05) is 0 Å². The van der Waals surface area contributed by atoms with Crippen LogP contribution >= 0.6 is 23.2 Å². The summed E-state index contributed by atoms with van der Waals surface area (Å²) in [7, 11) is -1.08. The van der Waals surface area contributed by atoms with E-state index in [1.165, 1.54) is 0 Å². The Morgan fingerprint density at radius 1 is 1.10 bits per heavy atom. The third-order valence-electron chi connectivity index (χ3n) is 0.765. The first kappa shape index (κ1) is 10.7. The summed E-state index contributed by atoms with van der Waals surface area (Å²) in [6.07, 6.45) is 0. The van der Waals surface area contributed by atoms with Crippen molar-refractivity contribution in [2.24, 2.45) is 0 Å². The Morgan fingerprint density at radius 3 is 1.80 bits per heavy atom. The van der Waals surface area contributed by atoms with Gasteiger partial charge >= 0.3 is 9.28 Å². The van der Waals surface area contributed by atoms with E-state index in [0.29, 0.717) is 25.0 Å². The zero-order valence-electron chi connectivity index (χ0n) is 5.90. The number of alkyl halides is 2. The molecule has 0 fully saturated rings. The molecule has 0 heterocycles. The molecule has 0 spiro atoms. The maximum Gasteiger partial charge on any atom is 0.381 e. The molecule has 1 radical (unpaired) electrons. The third-order valence-corrected chi connectivity index (χ3v) is 2.29. The normalized spacial score (nSPS) is 10.8. The van der Waals surface area contributed by atoms with Crippen LogP contribution in [0.5, 0.6) is 0 Å². The molecule has 0 aliphatic carbocycles. The fourth-order valence-corrected chi connectivity index (χ4v) is 1.68. The monoisotopic (exact) mass is 201 g/mol. The molecule has 0 aromatic carbocycles. The molecule has 5 heteroatoms. The summed E-state index contributed by atoms with van der Waals surface area (Å²) in [5.74, 6) is 1.04. The molecule has 0 bridgehead atoms. The van der Waals surface area contributed by atoms with E-state index in [2.05, 4.69) is 0 Å². The molecular formula is C5H11Cl2O2Si. The molecule has 0 aliphatic rings. The van der Waals surface area contributed by atoms with E-state index in [0.717, 1.165) is 0 Å². The Hall–Kier alpha value is 0.717. The molecule has 0 aromatic rings. The quantitative estimate of drug-likeness (QED) is 0.481. The van der Waals surface area contributed by atoms with Crippen LogP contribution in [0.25, 0.3) is 0 Å². The van der Waals surface area contributed by atoms with Gasteiger partial charge in [-0.15, -0.1) is 23.2 Å². The number of hydrogen-bond acceptors (Lipinski definition) is 2. The van der Waals surface area contributed by atoms with Gasteiger partial charge in [0.05, 0.1) is 0 Å². The van der Waals surface area contributed by atoms with Crippen LogP contribution in [0.4, 0.5) is 0 Å². The second-order valence-corrected chi connectivity index (χ2v) is 3.88. The first-order valence-corrected chi connectivity index (χ1v) is 5.91. The van der Waals surface area contributed by atoms with Crippen LogP contribution in [0.1, 0.15) is 0 Å². The van der Waals surface area contributed by atoms with Crippen LogP contribution in [0, 0.1) is 0 Å². The maximum atomic E-state index is 5.39. The van der Waals surface area contributed by atoms with Gasteiger partial charge in [-0.25, -0.2) is 0 Å². The Kier molecular flexibility index (Phi) is 8.38. The summed E-state index contributed by atoms with van der Waals surface area (Å²) in [5.41, 5.74) is 0. The minimum atomic E-state index is -1.08. The Balaban J connectivity index is 3.00. The lowest BCUT2D eigenvalue weighted by atomic mass is 10.9.